The molecule has 0 spiro atoms. The number of carbonyl (C=O) groups excluding carboxylic acids is 1. The summed E-state index contributed by atoms with van der Waals surface area (Å²) in [5, 5.41) is 6.05. The molecule has 0 aliphatic heterocycles. The van der Waals surface area contributed by atoms with Crippen LogP contribution in [0.4, 0.5) is 4.79 Å². The zero-order valence-corrected chi connectivity index (χ0v) is 16.1. The summed E-state index contributed by atoms with van der Waals surface area (Å²) in [7, 11) is 8.17. The van der Waals surface area contributed by atoms with Crippen molar-refractivity contribution in [2.45, 2.75) is 39.4 Å². The summed E-state index contributed by atoms with van der Waals surface area (Å²) in [6.45, 7) is 6.68. The van der Waals surface area contributed by atoms with Gasteiger partial charge in [0, 0.05) is 25.7 Å². The van der Waals surface area contributed by atoms with Crippen LogP contribution in [0.25, 0.3) is 0 Å². The maximum Gasteiger partial charge on any atom is 0.315 e. The lowest BCUT2D eigenvalue weighted by Gasteiger charge is -2.24. The summed E-state index contributed by atoms with van der Waals surface area (Å²) in [6.07, 6.45) is 0.977. The molecule has 0 saturated heterocycles. The molecule has 0 heterocycles. The lowest BCUT2D eigenvalue weighted by molar-refractivity contribution is 0.228. The molecule has 0 bridgehead atoms. The van der Waals surface area contributed by atoms with Crippen molar-refractivity contribution in [1.82, 2.24) is 20.4 Å². The lowest BCUT2D eigenvalue weighted by atomic mass is 10.0. The van der Waals surface area contributed by atoms with E-state index in [9.17, 15) is 4.79 Å². The molecule has 24 heavy (non-hydrogen) atoms. The van der Waals surface area contributed by atoms with E-state index in [0.717, 1.165) is 25.1 Å². The molecule has 1 aromatic carbocycles. The summed E-state index contributed by atoms with van der Waals surface area (Å²) in [5.41, 5.74) is 2.39. The van der Waals surface area contributed by atoms with E-state index in [1.165, 1.54) is 5.56 Å². The molecule has 1 aromatic rings. The Morgan fingerprint density at radius 3 is 2.08 bits per heavy atom. The van der Waals surface area contributed by atoms with Crippen LogP contribution in [0.3, 0.4) is 0 Å². The number of urea groups is 1. The molecule has 0 aromatic heterocycles. The van der Waals surface area contributed by atoms with Crippen LogP contribution in [0.1, 0.15) is 31.4 Å². The number of amides is 2. The Morgan fingerprint density at radius 1 is 1.00 bits per heavy atom. The SMILES string of the molecule is CC(C)CC(CN(C)C)NC(=O)NCc1ccc(CN(C)C)cc1. The van der Waals surface area contributed by atoms with Gasteiger partial charge >= 0.3 is 6.03 Å². The first-order valence-electron chi connectivity index (χ1n) is 8.68. The highest BCUT2D eigenvalue weighted by Gasteiger charge is 2.14. The van der Waals surface area contributed by atoms with Crippen LogP contribution in [-0.2, 0) is 13.1 Å². The van der Waals surface area contributed by atoms with Gasteiger partial charge in [0.05, 0.1) is 0 Å². The molecule has 0 radical (unpaired) electrons. The van der Waals surface area contributed by atoms with Gasteiger partial charge in [-0.05, 0) is 51.7 Å². The van der Waals surface area contributed by atoms with Crippen molar-refractivity contribution in [1.29, 1.82) is 0 Å². The fourth-order valence-electron chi connectivity index (χ4n) is 2.74. The van der Waals surface area contributed by atoms with Crippen molar-refractivity contribution in [2.75, 3.05) is 34.7 Å². The summed E-state index contributed by atoms with van der Waals surface area (Å²) in [5.74, 6) is 0.555. The fraction of sp³-hybridized carbons (Fsp3) is 0.632. The molecule has 136 valence electrons. The fourth-order valence-corrected chi connectivity index (χ4v) is 2.74. The van der Waals surface area contributed by atoms with E-state index in [1.807, 2.05) is 14.1 Å². The van der Waals surface area contributed by atoms with Gasteiger partial charge < -0.3 is 20.4 Å². The van der Waals surface area contributed by atoms with Crippen LogP contribution in [0, 0.1) is 5.92 Å². The third-order valence-corrected chi connectivity index (χ3v) is 3.65. The predicted octanol–water partition coefficient (Wildman–Crippen LogP) is 2.52. The molecule has 2 N–H and O–H groups in total. The van der Waals surface area contributed by atoms with E-state index in [0.29, 0.717) is 12.5 Å². The van der Waals surface area contributed by atoms with Crippen molar-refractivity contribution in [2.24, 2.45) is 5.92 Å². The van der Waals surface area contributed by atoms with Crippen molar-refractivity contribution in [3.8, 4) is 0 Å². The van der Waals surface area contributed by atoms with E-state index in [1.54, 1.807) is 0 Å². The van der Waals surface area contributed by atoms with Crippen LogP contribution < -0.4 is 10.6 Å². The second-order valence-corrected chi connectivity index (χ2v) is 7.47. The van der Waals surface area contributed by atoms with Crippen molar-refractivity contribution >= 4 is 6.03 Å². The van der Waals surface area contributed by atoms with Gasteiger partial charge in [-0.15, -0.1) is 0 Å². The Hall–Kier alpha value is -1.59. The van der Waals surface area contributed by atoms with Gasteiger partial charge in [-0.25, -0.2) is 4.79 Å². The molecule has 0 saturated carbocycles. The normalized spacial score (nSPS) is 12.7. The van der Waals surface area contributed by atoms with Crippen LogP contribution in [0.5, 0.6) is 0 Å². The Balaban J connectivity index is 2.46. The topological polar surface area (TPSA) is 47.6 Å². The molecule has 0 aliphatic carbocycles. The minimum atomic E-state index is -0.0973. The molecule has 2 amide bonds. The molecule has 0 fully saturated rings. The van der Waals surface area contributed by atoms with Crippen LogP contribution in [-0.4, -0.2) is 56.6 Å². The van der Waals surface area contributed by atoms with Crippen molar-refractivity contribution in [3.05, 3.63) is 35.4 Å². The third kappa shape index (κ3) is 8.89. The minimum Gasteiger partial charge on any atom is -0.334 e. The molecular weight excluding hydrogens is 300 g/mol. The Kier molecular flexibility index (Phi) is 8.79. The van der Waals surface area contributed by atoms with Crippen molar-refractivity contribution < 1.29 is 4.79 Å². The molecular formula is C19H34N4O. The quantitative estimate of drug-likeness (QED) is 0.729. The van der Waals surface area contributed by atoms with Gasteiger partial charge in [0.1, 0.15) is 0 Å². The molecule has 5 heteroatoms. The number of hydrogen-bond donors (Lipinski definition) is 2. The highest BCUT2D eigenvalue weighted by Crippen LogP contribution is 2.07. The Bertz CT molecular complexity index is 473. The first-order valence-corrected chi connectivity index (χ1v) is 8.68. The average Bonchev–Trinajstić information content (AvgIpc) is 2.44. The number of nitrogens with zero attached hydrogens (tertiary/aromatic N) is 2. The monoisotopic (exact) mass is 334 g/mol. The largest absolute Gasteiger partial charge is 0.334 e. The second-order valence-electron chi connectivity index (χ2n) is 7.47. The number of rotatable bonds is 9. The first-order chi connectivity index (χ1) is 11.3. The average molecular weight is 335 g/mol. The van der Waals surface area contributed by atoms with E-state index < -0.39 is 0 Å². The van der Waals surface area contributed by atoms with Crippen molar-refractivity contribution in [3.63, 3.8) is 0 Å². The number of hydrogen-bond acceptors (Lipinski definition) is 3. The molecule has 5 nitrogen and oxygen atoms in total. The summed E-state index contributed by atoms with van der Waals surface area (Å²) in [6, 6.07) is 8.45. The van der Waals surface area contributed by atoms with Gasteiger partial charge in [0.2, 0.25) is 0 Å². The van der Waals surface area contributed by atoms with Gasteiger partial charge in [-0.3, -0.25) is 0 Å². The zero-order valence-electron chi connectivity index (χ0n) is 16.1. The standard InChI is InChI=1S/C19H34N4O/c1-15(2)11-18(14-23(5)6)21-19(24)20-12-16-7-9-17(10-8-16)13-22(3)4/h7-10,15,18H,11-14H2,1-6H3,(H2,20,21,24). The zero-order chi connectivity index (χ0) is 18.1. The molecule has 1 atom stereocenters. The van der Waals surface area contributed by atoms with Crippen LogP contribution >= 0.6 is 0 Å². The smallest absolute Gasteiger partial charge is 0.315 e. The van der Waals surface area contributed by atoms with Gasteiger partial charge in [-0.2, -0.15) is 0 Å². The van der Waals surface area contributed by atoms with Gasteiger partial charge in [0.15, 0.2) is 0 Å². The number of nitrogens with one attached hydrogen (secondary N) is 2. The predicted molar refractivity (Wildman–Crippen MR) is 101 cm³/mol. The second kappa shape index (κ2) is 10.3. The number of carbonyl (C=O) groups is 1. The maximum atomic E-state index is 12.2. The molecule has 1 unspecified atom stereocenters. The maximum absolute atomic E-state index is 12.2. The van der Waals surface area contributed by atoms with Crippen LogP contribution in [0.15, 0.2) is 24.3 Å². The number of likely N-dealkylation sites (N-methyl/N-ethyl adjacent to an activating group) is 1. The van der Waals surface area contributed by atoms with E-state index in [2.05, 4.69) is 72.6 Å². The molecule has 0 aliphatic rings. The van der Waals surface area contributed by atoms with E-state index in [4.69, 9.17) is 0 Å². The Labute approximate surface area is 147 Å². The van der Waals surface area contributed by atoms with Gasteiger partial charge in [0.25, 0.3) is 0 Å². The summed E-state index contributed by atoms with van der Waals surface area (Å²) < 4.78 is 0. The van der Waals surface area contributed by atoms with E-state index >= 15 is 0 Å². The number of benzene rings is 1. The molecule has 1 rings (SSSR count). The highest BCUT2D eigenvalue weighted by atomic mass is 16.2. The third-order valence-electron chi connectivity index (χ3n) is 3.65. The van der Waals surface area contributed by atoms with E-state index in [-0.39, 0.29) is 12.1 Å². The highest BCUT2D eigenvalue weighted by molar-refractivity contribution is 5.74. The lowest BCUT2D eigenvalue weighted by Crippen LogP contribution is -2.46. The summed E-state index contributed by atoms with van der Waals surface area (Å²) >= 11 is 0. The van der Waals surface area contributed by atoms with Crippen LogP contribution in [0.2, 0.25) is 0 Å². The first kappa shape index (κ1) is 20.5. The Morgan fingerprint density at radius 2 is 1.58 bits per heavy atom. The van der Waals surface area contributed by atoms with Gasteiger partial charge in [-0.1, -0.05) is 38.1 Å². The summed E-state index contributed by atoms with van der Waals surface area (Å²) in [4.78, 5) is 16.4. The minimum absolute atomic E-state index is 0.0973.